The quantitative estimate of drug-likeness (QED) is 0.803. The van der Waals surface area contributed by atoms with Gasteiger partial charge in [-0.25, -0.2) is 4.79 Å². The molecule has 0 spiro atoms. The molecule has 0 bridgehead atoms. The summed E-state index contributed by atoms with van der Waals surface area (Å²) >= 11 is 5.97. The Kier molecular flexibility index (Phi) is 5.39. The second kappa shape index (κ2) is 7.97. The van der Waals surface area contributed by atoms with Gasteiger partial charge in [-0.1, -0.05) is 17.7 Å². The highest BCUT2D eigenvalue weighted by atomic mass is 35.5. The van der Waals surface area contributed by atoms with Gasteiger partial charge in [0.15, 0.2) is 11.5 Å². The number of halogens is 3. The number of carbonyl (C=O) groups is 1. The van der Waals surface area contributed by atoms with Crippen molar-refractivity contribution in [2.24, 2.45) is 0 Å². The summed E-state index contributed by atoms with van der Waals surface area (Å²) in [5.74, 6) is 0.0527. The first-order chi connectivity index (χ1) is 13.9. The molecule has 1 saturated heterocycles. The lowest BCUT2D eigenvalue weighted by Crippen LogP contribution is -2.46. The largest absolute Gasteiger partial charge is 0.586 e. The van der Waals surface area contributed by atoms with Crippen LogP contribution < -0.4 is 14.8 Å². The third-order valence-electron chi connectivity index (χ3n) is 4.42. The topological polar surface area (TPSA) is 76.2 Å². The summed E-state index contributed by atoms with van der Waals surface area (Å²) < 4.78 is 35.1. The third-order valence-corrected chi connectivity index (χ3v) is 4.75. The molecule has 1 amide bonds. The highest BCUT2D eigenvalue weighted by Crippen LogP contribution is 2.41. The van der Waals surface area contributed by atoms with Gasteiger partial charge in [0.1, 0.15) is 0 Å². The summed E-state index contributed by atoms with van der Waals surface area (Å²) in [4.78, 5) is 23.3. The van der Waals surface area contributed by atoms with Gasteiger partial charge in [0.05, 0.1) is 16.9 Å². The molecule has 11 heteroatoms. The van der Waals surface area contributed by atoms with Crippen LogP contribution in [0.3, 0.4) is 0 Å². The Balaban J connectivity index is 1.25. The number of nitrogens with one attached hydrogen (secondary N) is 1. The summed E-state index contributed by atoms with van der Waals surface area (Å²) in [6.45, 7) is 2.80. The van der Waals surface area contributed by atoms with Crippen LogP contribution in [0.2, 0.25) is 5.02 Å². The van der Waals surface area contributed by atoms with Gasteiger partial charge in [0.2, 0.25) is 0 Å². The summed E-state index contributed by atoms with van der Waals surface area (Å²) in [5, 5.41) is 4.46. The maximum absolute atomic E-state index is 13.1. The monoisotopic (exact) mass is 426 g/mol. The lowest BCUT2D eigenvalue weighted by molar-refractivity contribution is -0.286. The summed E-state index contributed by atoms with van der Waals surface area (Å²) in [6.07, 6.45) is -1.32. The van der Waals surface area contributed by atoms with E-state index < -0.39 is 12.4 Å². The predicted molar refractivity (Wildman–Crippen MR) is 98.8 cm³/mol. The van der Waals surface area contributed by atoms with Crippen LogP contribution >= 0.6 is 11.6 Å². The Morgan fingerprint density at radius 1 is 1.21 bits per heavy atom. The Labute approximate surface area is 169 Å². The summed E-state index contributed by atoms with van der Waals surface area (Å²) in [5.41, 5.74) is 1.19. The summed E-state index contributed by atoms with van der Waals surface area (Å²) in [6, 6.07) is 6.30. The van der Waals surface area contributed by atoms with E-state index >= 15 is 0 Å². The SMILES string of the molecule is O=C(Nc1cnccc1Cl)ON1CCN(Cc2ccc3c(c2)OC(F)(F)O3)CC1. The maximum atomic E-state index is 13.1. The van der Waals surface area contributed by atoms with Crippen LogP contribution in [0.5, 0.6) is 11.5 Å². The van der Waals surface area contributed by atoms with Gasteiger partial charge in [-0.05, 0) is 23.8 Å². The molecule has 2 aliphatic rings. The average Bonchev–Trinajstić information content (AvgIpc) is 2.98. The van der Waals surface area contributed by atoms with E-state index in [2.05, 4.69) is 24.7 Å². The van der Waals surface area contributed by atoms with Crippen LogP contribution in [0, 0.1) is 0 Å². The molecule has 1 aromatic heterocycles. The molecule has 2 aromatic rings. The number of amides is 1. The molecule has 1 fully saturated rings. The number of piperazine rings is 1. The standard InChI is InChI=1S/C18H17ClF2N4O4/c19-13-3-4-22-10-14(13)23-17(26)29-25-7-5-24(6-8-25)11-12-1-2-15-16(9-12)28-18(20,21)27-15/h1-4,9-10H,5-8,11H2,(H,23,26). The maximum Gasteiger partial charge on any atom is 0.586 e. The number of aromatic nitrogens is 1. The van der Waals surface area contributed by atoms with E-state index in [9.17, 15) is 13.6 Å². The van der Waals surface area contributed by atoms with Crippen molar-refractivity contribution in [2.45, 2.75) is 12.8 Å². The number of hydrogen-bond donors (Lipinski definition) is 1. The zero-order valence-corrected chi connectivity index (χ0v) is 15.9. The molecule has 3 heterocycles. The minimum absolute atomic E-state index is 0.0247. The molecule has 8 nitrogen and oxygen atoms in total. The molecule has 0 saturated carbocycles. The molecule has 1 N–H and O–H groups in total. The number of pyridine rings is 1. The van der Waals surface area contributed by atoms with Crippen molar-refractivity contribution >= 4 is 23.4 Å². The van der Waals surface area contributed by atoms with Crippen molar-refractivity contribution in [1.29, 1.82) is 0 Å². The van der Waals surface area contributed by atoms with Crippen molar-refractivity contribution in [2.75, 3.05) is 31.5 Å². The van der Waals surface area contributed by atoms with Gasteiger partial charge >= 0.3 is 12.4 Å². The second-order valence-electron chi connectivity index (χ2n) is 6.51. The molecule has 2 aliphatic heterocycles. The fraction of sp³-hybridized carbons (Fsp3) is 0.333. The van der Waals surface area contributed by atoms with Gasteiger partial charge in [-0.2, -0.15) is 0 Å². The Bertz CT molecular complexity index is 909. The molecule has 154 valence electrons. The van der Waals surface area contributed by atoms with E-state index in [0.717, 1.165) is 5.56 Å². The van der Waals surface area contributed by atoms with E-state index in [1.807, 2.05) is 0 Å². The number of fused-ring (bicyclic) bond motifs is 1. The van der Waals surface area contributed by atoms with Crippen LogP contribution in [-0.2, 0) is 11.4 Å². The zero-order chi connectivity index (χ0) is 20.4. The smallest absolute Gasteiger partial charge is 0.395 e. The van der Waals surface area contributed by atoms with Crippen molar-refractivity contribution in [3.8, 4) is 11.5 Å². The number of anilines is 1. The second-order valence-corrected chi connectivity index (χ2v) is 6.92. The highest BCUT2D eigenvalue weighted by Gasteiger charge is 2.43. The number of hydrogen-bond acceptors (Lipinski definition) is 7. The Morgan fingerprint density at radius 2 is 1.97 bits per heavy atom. The number of rotatable bonds is 4. The fourth-order valence-electron chi connectivity index (χ4n) is 3.05. The van der Waals surface area contributed by atoms with Crippen molar-refractivity contribution in [1.82, 2.24) is 14.9 Å². The molecular formula is C18H17ClF2N4O4. The first-order valence-electron chi connectivity index (χ1n) is 8.82. The molecular weight excluding hydrogens is 410 g/mol. The predicted octanol–water partition coefficient (Wildman–Crippen LogP) is 3.34. The molecule has 29 heavy (non-hydrogen) atoms. The minimum atomic E-state index is -3.62. The number of carbonyl (C=O) groups excluding carboxylic acids is 1. The van der Waals surface area contributed by atoms with Crippen LogP contribution in [0.15, 0.2) is 36.7 Å². The zero-order valence-electron chi connectivity index (χ0n) is 15.1. The molecule has 4 rings (SSSR count). The lowest BCUT2D eigenvalue weighted by atomic mass is 10.2. The van der Waals surface area contributed by atoms with Crippen LogP contribution in [-0.4, -0.2) is 53.5 Å². The number of ether oxygens (including phenoxy) is 2. The van der Waals surface area contributed by atoms with E-state index in [4.69, 9.17) is 16.4 Å². The van der Waals surface area contributed by atoms with Crippen LogP contribution in [0.25, 0.3) is 0 Å². The third kappa shape index (κ3) is 4.84. The molecule has 0 unspecified atom stereocenters. The van der Waals surface area contributed by atoms with Gasteiger partial charge in [0, 0.05) is 38.9 Å². The van der Waals surface area contributed by atoms with Gasteiger partial charge in [-0.3, -0.25) is 15.2 Å². The van der Waals surface area contributed by atoms with Gasteiger partial charge in [-0.15, -0.1) is 13.8 Å². The van der Waals surface area contributed by atoms with Crippen LogP contribution in [0.1, 0.15) is 5.56 Å². The Hall–Kier alpha value is -2.69. The van der Waals surface area contributed by atoms with E-state index in [1.165, 1.54) is 18.5 Å². The van der Waals surface area contributed by atoms with E-state index in [-0.39, 0.29) is 11.5 Å². The highest BCUT2D eigenvalue weighted by molar-refractivity contribution is 6.33. The number of nitrogens with zero attached hydrogens (tertiary/aromatic N) is 3. The van der Waals surface area contributed by atoms with Crippen molar-refractivity contribution in [3.05, 3.63) is 47.2 Å². The first kappa shape index (κ1) is 19.6. The summed E-state index contributed by atoms with van der Waals surface area (Å²) in [7, 11) is 0. The molecule has 1 aromatic carbocycles. The normalized spacial score (nSPS) is 18.4. The van der Waals surface area contributed by atoms with E-state index in [1.54, 1.807) is 23.3 Å². The van der Waals surface area contributed by atoms with Crippen LogP contribution in [0.4, 0.5) is 19.3 Å². The number of hydroxylamine groups is 2. The number of alkyl halides is 2. The van der Waals surface area contributed by atoms with Crippen molar-refractivity contribution < 1.29 is 27.9 Å². The van der Waals surface area contributed by atoms with E-state index in [0.29, 0.717) is 43.4 Å². The van der Waals surface area contributed by atoms with Gasteiger partial charge < -0.3 is 14.3 Å². The van der Waals surface area contributed by atoms with Gasteiger partial charge in [0.25, 0.3) is 0 Å². The first-order valence-corrected chi connectivity index (χ1v) is 9.20. The minimum Gasteiger partial charge on any atom is -0.395 e. The van der Waals surface area contributed by atoms with Crippen molar-refractivity contribution in [3.63, 3.8) is 0 Å². The molecule has 0 atom stereocenters. The fourth-order valence-corrected chi connectivity index (χ4v) is 3.20. The number of benzene rings is 1. The lowest BCUT2D eigenvalue weighted by Gasteiger charge is -2.33. The average molecular weight is 427 g/mol. The molecule has 0 aliphatic carbocycles. The molecule has 0 radical (unpaired) electrons. The Morgan fingerprint density at radius 3 is 2.72 bits per heavy atom.